The maximum atomic E-state index is 12.6. The first-order valence-electron chi connectivity index (χ1n) is 21.9. The van der Waals surface area contributed by atoms with E-state index in [1.807, 2.05) is 91.8 Å². The number of nitrogens with zero attached hydrogens (tertiary/aromatic N) is 2. The fraction of sp³-hybridized carbons (Fsp3) is 0.600. The second kappa shape index (κ2) is 27.2. The van der Waals surface area contributed by atoms with Gasteiger partial charge in [0, 0.05) is 10.8 Å². The number of hydrogen-bond acceptors (Lipinski definition) is 8. The summed E-state index contributed by atoms with van der Waals surface area (Å²) in [5, 5.41) is 19.1. The molecule has 2 aromatic rings. The van der Waals surface area contributed by atoms with Gasteiger partial charge in [0.1, 0.15) is 12.1 Å². The van der Waals surface area contributed by atoms with Gasteiger partial charge >= 0.3 is 0 Å². The summed E-state index contributed by atoms with van der Waals surface area (Å²) in [5.74, 6) is 2.29. The van der Waals surface area contributed by atoms with Gasteiger partial charge in [0.25, 0.3) is 0 Å². The molecule has 0 aliphatic rings. The summed E-state index contributed by atoms with van der Waals surface area (Å²) in [6.45, 7) is 17.0. The lowest BCUT2D eigenvalue weighted by Crippen LogP contribution is -2.21. The minimum absolute atomic E-state index is 0.139. The zero-order valence-corrected chi connectivity index (χ0v) is 37.1. The van der Waals surface area contributed by atoms with Crippen molar-refractivity contribution in [1.29, 1.82) is 10.5 Å². The van der Waals surface area contributed by atoms with Crippen molar-refractivity contribution in [3.63, 3.8) is 0 Å². The normalized spacial score (nSPS) is 12.1. The van der Waals surface area contributed by atoms with E-state index in [9.17, 15) is 20.1 Å². The number of nitriles is 2. The van der Waals surface area contributed by atoms with Gasteiger partial charge in [-0.05, 0) is 74.2 Å². The highest BCUT2D eigenvalue weighted by molar-refractivity contribution is 6.06. The van der Waals surface area contributed by atoms with Crippen LogP contribution >= 0.6 is 0 Å². The molecule has 0 heterocycles. The second-order valence-electron chi connectivity index (χ2n) is 17.1. The number of hydrogen-bond donors (Lipinski definition) is 0. The fourth-order valence-electron chi connectivity index (χ4n) is 6.49. The highest BCUT2D eigenvalue weighted by Gasteiger charge is 2.26. The lowest BCUT2D eigenvalue weighted by atomic mass is 9.86. The van der Waals surface area contributed by atoms with Crippen LogP contribution < -0.4 is 18.9 Å². The van der Waals surface area contributed by atoms with Gasteiger partial charge in [0.15, 0.2) is 34.6 Å². The standard InChI is InChI=1S/C50H72N2O6/c1-9-55-45-35-39(33-41(37-51)47(53)49(3,4)5)27-29-43(45)57-31-25-23-21-19-17-15-13-11-12-14-16-18-20-22-24-26-32-58-44-30-28-40(36-46(44)56-10-2)34-42(38-52)48(54)50(6,7)8/h27-30,33-36H,9-26,31-32H2,1-8H3. The largest absolute Gasteiger partial charge is 0.490 e. The first-order valence-corrected chi connectivity index (χ1v) is 21.9. The maximum Gasteiger partial charge on any atom is 0.178 e. The number of ketones is 2. The molecule has 0 atom stereocenters. The van der Waals surface area contributed by atoms with Crippen LogP contribution in [0.5, 0.6) is 23.0 Å². The van der Waals surface area contributed by atoms with E-state index < -0.39 is 10.8 Å². The van der Waals surface area contributed by atoms with Gasteiger partial charge in [-0.2, -0.15) is 10.5 Å². The first kappa shape index (κ1) is 49.6. The molecule has 2 aromatic carbocycles. The predicted molar refractivity (Wildman–Crippen MR) is 236 cm³/mol. The molecule has 8 nitrogen and oxygen atoms in total. The highest BCUT2D eigenvalue weighted by Crippen LogP contribution is 2.32. The molecule has 0 aliphatic carbocycles. The summed E-state index contributed by atoms with van der Waals surface area (Å²) in [5.41, 5.74) is 0.529. The maximum absolute atomic E-state index is 12.6. The van der Waals surface area contributed by atoms with Crippen LogP contribution in [0, 0.1) is 33.5 Å². The minimum Gasteiger partial charge on any atom is -0.490 e. The van der Waals surface area contributed by atoms with Crippen molar-refractivity contribution in [2.75, 3.05) is 26.4 Å². The Balaban J connectivity index is 1.51. The Kier molecular flexibility index (Phi) is 23.2. The molecule has 0 aromatic heterocycles. The van der Waals surface area contributed by atoms with Crippen molar-refractivity contribution in [2.24, 2.45) is 10.8 Å². The molecule has 0 unspecified atom stereocenters. The predicted octanol–water partition coefficient (Wildman–Crippen LogP) is 13.2. The molecule has 0 N–H and O–H groups in total. The number of carbonyl (C=O) groups excluding carboxylic acids is 2. The fourth-order valence-corrected chi connectivity index (χ4v) is 6.49. The average Bonchev–Trinajstić information content (AvgIpc) is 3.18. The van der Waals surface area contributed by atoms with Crippen LogP contribution in [0.2, 0.25) is 0 Å². The number of benzene rings is 2. The van der Waals surface area contributed by atoms with Crippen molar-refractivity contribution in [3.8, 4) is 35.1 Å². The summed E-state index contributed by atoms with van der Waals surface area (Å²) in [6.07, 6.45) is 23.1. The number of unbranched alkanes of at least 4 members (excludes halogenated alkanes) is 15. The Labute approximate surface area is 351 Å². The molecule has 0 spiro atoms. The van der Waals surface area contributed by atoms with E-state index in [0.29, 0.717) is 49.4 Å². The molecule has 0 saturated carbocycles. The molecule has 2 rings (SSSR count). The van der Waals surface area contributed by atoms with Crippen LogP contribution in [-0.2, 0) is 9.59 Å². The van der Waals surface area contributed by atoms with Crippen LogP contribution in [0.4, 0.5) is 0 Å². The molecule has 0 bridgehead atoms. The Morgan fingerprint density at radius 3 is 1.03 bits per heavy atom. The quantitative estimate of drug-likeness (QED) is 0.0453. The van der Waals surface area contributed by atoms with E-state index in [0.717, 1.165) is 36.8 Å². The Hall–Kier alpha value is -4.56. The van der Waals surface area contributed by atoms with Crippen LogP contribution in [0.3, 0.4) is 0 Å². The van der Waals surface area contributed by atoms with Crippen molar-refractivity contribution in [2.45, 2.75) is 158 Å². The van der Waals surface area contributed by atoms with Gasteiger partial charge in [0.05, 0.1) is 37.6 Å². The second-order valence-corrected chi connectivity index (χ2v) is 17.1. The van der Waals surface area contributed by atoms with Gasteiger partial charge in [-0.3, -0.25) is 9.59 Å². The van der Waals surface area contributed by atoms with E-state index in [1.54, 1.807) is 12.2 Å². The first-order chi connectivity index (χ1) is 27.7. The van der Waals surface area contributed by atoms with Crippen molar-refractivity contribution < 1.29 is 28.5 Å². The zero-order valence-electron chi connectivity index (χ0n) is 37.1. The molecule has 0 saturated heterocycles. The number of rotatable bonds is 29. The Morgan fingerprint density at radius 1 is 0.483 bits per heavy atom. The van der Waals surface area contributed by atoms with E-state index in [4.69, 9.17) is 18.9 Å². The van der Waals surface area contributed by atoms with E-state index in [2.05, 4.69) is 12.1 Å². The van der Waals surface area contributed by atoms with Gasteiger partial charge in [0.2, 0.25) is 0 Å². The smallest absolute Gasteiger partial charge is 0.178 e. The van der Waals surface area contributed by atoms with Crippen molar-refractivity contribution in [3.05, 3.63) is 58.7 Å². The Morgan fingerprint density at radius 2 is 0.776 bits per heavy atom. The van der Waals surface area contributed by atoms with Crippen molar-refractivity contribution in [1.82, 2.24) is 0 Å². The monoisotopic (exact) mass is 797 g/mol. The molecule has 8 heteroatoms. The number of allylic oxidation sites excluding steroid dienone is 2. The summed E-state index contributed by atoms with van der Waals surface area (Å²) in [4.78, 5) is 25.2. The summed E-state index contributed by atoms with van der Waals surface area (Å²) >= 11 is 0. The van der Waals surface area contributed by atoms with E-state index in [-0.39, 0.29) is 22.7 Å². The minimum atomic E-state index is -0.618. The lowest BCUT2D eigenvalue weighted by molar-refractivity contribution is -0.122. The van der Waals surface area contributed by atoms with E-state index in [1.165, 1.54) is 77.0 Å². The average molecular weight is 797 g/mol. The van der Waals surface area contributed by atoms with Gasteiger partial charge < -0.3 is 18.9 Å². The summed E-state index contributed by atoms with van der Waals surface area (Å²) < 4.78 is 23.7. The molecule has 0 radical (unpaired) electrons. The highest BCUT2D eigenvalue weighted by atomic mass is 16.5. The Bertz CT molecular complexity index is 1570. The zero-order chi connectivity index (χ0) is 42.8. The van der Waals surface area contributed by atoms with Gasteiger partial charge in [-0.25, -0.2) is 0 Å². The molecule has 0 aliphatic heterocycles. The molecule has 318 valence electrons. The third-order valence-corrected chi connectivity index (χ3v) is 9.80. The number of carbonyl (C=O) groups is 2. The van der Waals surface area contributed by atoms with Gasteiger partial charge in [-0.1, -0.05) is 144 Å². The third-order valence-electron chi connectivity index (χ3n) is 9.80. The lowest BCUT2D eigenvalue weighted by Gasteiger charge is -2.16. The van der Waals surface area contributed by atoms with Crippen LogP contribution in [0.25, 0.3) is 12.2 Å². The van der Waals surface area contributed by atoms with Crippen LogP contribution in [0.1, 0.15) is 169 Å². The molecular formula is C50H72N2O6. The molecular weight excluding hydrogens is 725 g/mol. The van der Waals surface area contributed by atoms with Gasteiger partial charge in [-0.15, -0.1) is 0 Å². The topological polar surface area (TPSA) is 119 Å². The SMILES string of the molecule is CCOc1cc(C=C(C#N)C(=O)C(C)(C)C)ccc1OCCCCCCCCCCCCCCCCCCOc1ccc(C=C(C#N)C(=O)C(C)(C)C)cc1OCC. The number of ether oxygens (including phenoxy) is 4. The third kappa shape index (κ3) is 19.3. The summed E-state index contributed by atoms with van der Waals surface area (Å²) in [7, 11) is 0. The van der Waals surface area contributed by atoms with Crippen LogP contribution in [0.15, 0.2) is 47.5 Å². The molecule has 0 amide bonds. The molecule has 0 fully saturated rings. The van der Waals surface area contributed by atoms with Crippen molar-refractivity contribution >= 4 is 23.7 Å². The van der Waals surface area contributed by atoms with E-state index >= 15 is 0 Å². The van der Waals surface area contributed by atoms with Crippen LogP contribution in [-0.4, -0.2) is 38.0 Å². The molecule has 58 heavy (non-hydrogen) atoms. The summed E-state index contributed by atoms with van der Waals surface area (Å²) in [6, 6.07) is 15.2. The number of Topliss-reactive ketones (excluding diaryl/α,β-unsaturated/α-hetero) is 2.